The molecule has 16 heavy (non-hydrogen) atoms. The molecule has 0 aromatic rings. The third kappa shape index (κ3) is 3.41. The maximum atomic E-state index is 12.0. The van der Waals surface area contributed by atoms with Crippen LogP contribution in [0.5, 0.6) is 0 Å². The number of aliphatic hydroxyl groups excluding tert-OH is 1. The Morgan fingerprint density at radius 2 is 2.06 bits per heavy atom. The Kier molecular flexibility index (Phi) is 4.73. The van der Waals surface area contributed by atoms with E-state index in [9.17, 15) is 13.5 Å². The lowest BCUT2D eigenvalue weighted by molar-refractivity contribution is 0.188. The highest BCUT2D eigenvalue weighted by molar-refractivity contribution is 7.89. The van der Waals surface area contributed by atoms with Crippen LogP contribution in [0.15, 0.2) is 0 Å². The van der Waals surface area contributed by atoms with Crippen molar-refractivity contribution in [1.29, 1.82) is 0 Å². The first kappa shape index (κ1) is 13.9. The van der Waals surface area contributed by atoms with Gasteiger partial charge in [0.25, 0.3) is 0 Å². The molecule has 1 N–H and O–H groups in total. The predicted octanol–water partition coefficient (Wildman–Crippen LogP) is -0.277. The maximum Gasteiger partial charge on any atom is 0.214 e. The van der Waals surface area contributed by atoms with Gasteiger partial charge in [0.1, 0.15) is 0 Å². The molecular weight excluding hydrogens is 228 g/mol. The van der Waals surface area contributed by atoms with Gasteiger partial charge in [-0.3, -0.25) is 0 Å². The topological polar surface area (TPSA) is 60.9 Å². The normalized spacial score (nSPS) is 27.8. The van der Waals surface area contributed by atoms with Gasteiger partial charge in [-0.15, -0.1) is 0 Å². The number of likely N-dealkylation sites (N-methyl/N-ethyl adjacent to an activating group) is 1. The Balaban J connectivity index is 2.76. The number of hydrogen-bond donors (Lipinski definition) is 1. The summed E-state index contributed by atoms with van der Waals surface area (Å²) >= 11 is 0. The molecule has 2 unspecified atom stereocenters. The molecule has 96 valence electrons. The van der Waals surface area contributed by atoms with Crippen molar-refractivity contribution in [2.24, 2.45) is 0 Å². The van der Waals surface area contributed by atoms with Crippen LogP contribution in [0.25, 0.3) is 0 Å². The third-order valence-corrected chi connectivity index (χ3v) is 4.82. The molecule has 0 saturated carbocycles. The van der Waals surface area contributed by atoms with Gasteiger partial charge in [-0.2, -0.15) is 4.31 Å². The van der Waals surface area contributed by atoms with Gasteiger partial charge in [-0.25, -0.2) is 8.42 Å². The first-order valence-corrected chi connectivity index (χ1v) is 7.30. The van der Waals surface area contributed by atoms with Crippen molar-refractivity contribution in [3.63, 3.8) is 0 Å². The molecule has 0 amide bonds. The highest BCUT2D eigenvalue weighted by Gasteiger charge is 2.38. The smallest absolute Gasteiger partial charge is 0.214 e. The molecule has 2 atom stereocenters. The lowest BCUT2D eigenvalue weighted by atomic mass is 10.2. The van der Waals surface area contributed by atoms with E-state index in [-0.39, 0.29) is 18.3 Å². The number of sulfonamides is 1. The predicted molar refractivity (Wildman–Crippen MR) is 63.7 cm³/mol. The summed E-state index contributed by atoms with van der Waals surface area (Å²) in [7, 11) is 0.633. The summed E-state index contributed by atoms with van der Waals surface area (Å²) in [5.41, 5.74) is 0. The van der Waals surface area contributed by atoms with Crippen LogP contribution in [-0.4, -0.2) is 67.8 Å². The third-order valence-electron chi connectivity index (χ3n) is 2.74. The Bertz CT molecular complexity index is 316. The molecule has 1 fully saturated rings. The van der Waals surface area contributed by atoms with Crippen LogP contribution in [0.1, 0.15) is 19.8 Å². The molecule has 1 heterocycles. The number of hydrogen-bond acceptors (Lipinski definition) is 4. The number of rotatable bonds is 5. The Morgan fingerprint density at radius 1 is 1.44 bits per heavy atom. The van der Waals surface area contributed by atoms with E-state index in [1.54, 1.807) is 0 Å². The van der Waals surface area contributed by atoms with Crippen LogP contribution in [0, 0.1) is 0 Å². The van der Waals surface area contributed by atoms with E-state index in [0.717, 1.165) is 0 Å². The van der Waals surface area contributed by atoms with Crippen molar-refractivity contribution in [3.05, 3.63) is 0 Å². The van der Waals surface area contributed by atoms with Gasteiger partial charge in [-0.1, -0.05) is 6.92 Å². The number of β-amino-alcohol motifs (C(OH)–C–C–N with tert-alkyl or cyclic N) is 1. The highest BCUT2D eigenvalue weighted by Crippen LogP contribution is 2.22. The Hall–Kier alpha value is -0.170. The first-order valence-electron chi connectivity index (χ1n) is 5.69. The first-order chi connectivity index (χ1) is 7.36. The summed E-state index contributed by atoms with van der Waals surface area (Å²) in [5.74, 6) is 0.170. The van der Waals surface area contributed by atoms with Crippen molar-refractivity contribution in [2.45, 2.75) is 31.9 Å². The molecule has 5 nitrogen and oxygen atoms in total. The summed E-state index contributed by atoms with van der Waals surface area (Å²) in [5, 5.41) is 9.59. The zero-order valence-electron chi connectivity index (χ0n) is 10.3. The largest absolute Gasteiger partial charge is 0.392 e. The lowest BCUT2D eigenvalue weighted by Gasteiger charge is -2.25. The lowest BCUT2D eigenvalue weighted by Crippen LogP contribution is -2.42. The summed E-state index contributed by atoms with van der Waals surface area (Å²) in [6, 6.07) is -0.0819. The molecule has 0 aliphatic carbocycles. The van der Waals surface area contributed by atoms with Gasteiger partial charge in [0.05, 0.1) is 11.9 Å². The standard InChI is InChI=1S/C10H22N2O3S/c1-4-5-16(14,15)12-8-10(13)6-9(12)7-11(2)3/h9-10,13H,4-8H2,1-3H3. The van der Waals surface area contributed by atoms with E-state index in [4.69, 9.17) is 0 Å². The van der Waals surface area contributed by atoms with Gasteiger partial charge in [0, 0.05) is 19.1 Å². The van der Waals surface area contributed by atoms with Gasteiger partial charge < -0.3 is 10.0 Å². The average molecular weight is 250 g/mol. The van der Waals surface area contributed by atoms with Gasteiger partial charge in [0.2, 0.25) is 10.0 Å². The minimum atomic E-state index is -3.19. The van der Waals surface area contributed by atoms with E-state index < -0.39 is 16.1 Å². The van der Waals surface area contributed by atoms with Crippen LogP contribution in [0.2, 0.25) is 0 Å². The second-order valence-electron chi connectivity index (χ2n) is 4.69. The van der Waals surface area contributed by atoms with Crippen molar-refractivity contribution in [1.82, 2.24) is 9.21 Å². The van der Waals surface area contributed by atoms with Crippen molar-refractivity contribution < 1.29 is 13.5 Å². The molecule has 6 heteroatoms. The fourth-order valence-corrected chi connectivity index (χ4v) is 3.92. The maximum absolute atomic E-state index is 12.0. The van der Waals surface area contributed by atoms with Crippen LogP contribution in [0.3, 0.4) is 0 Å². The Morgan fingerprint density at radius 3 is 2.56 bits per heavy atom. The van der Waals surface area contributed by atoms with Crippen LogP contribution in [-0.2, 0) is 10.0 Å². The van der Waals surface area contributed by atoms with Crippen LogP contribution < -0.4 is 0 Å². The van der Waals surface area contributed by atoms with E-state index in [1.165, 1.54) is 4.31 Å². The quantitative estimate of drug-likeness (QED) is 0.729. The molecular formula is C10H22N2O3S. The van der Waals surface area contributed by atoms with Crippen LogP contribution in [0.4, 0.5) is 0 Å². The zero-order chi connectivity index (χ0) is 12.3. The fourth-order valence-electron chi connectivity index (χ4n) is 2.17. The second kappa shape index (κ2) is 5.44. The van der Waals surface area contributed by atoms with Gasteiger partial charge >= 0.3 is 0 Å². The van der Waals surface area contributed by atoms with Crippen LogP contribution >= 0.6 is 0 Å². The Labute approximate surface area is 98.1 Å². The SMILES string of the molecule is CCCS(=O)(=O)N1CC(O)CC1CN(C)C. The molecule has 0 spiro atoms. The summed E-state index contributed by atoms with van der Waals surface area (Å²) in [6.45, 7) is 2.77. The molecule has 1 aliphatic heterocycles. The van der Waals surface area contributed by atoms with Gasteiger partial charge in [-0.05, 0) is 26.9 Å². The molecule has 1 saturated heterocycles. The number of aliphatic hydroxyl groups is 1. The molecule has 0 aromatic heterocycles. The summed E-state index contributed by atoms with van der Waals surface area (Å²) < 4.78 is 25.4. The number of nitrogens with zero attached hydrogens (tertiary/aromatic N) is 2. The summed E-state index contributed by atoms with van der Waals surface area (Å²) in [4.78, 5) is 1.96. The van der Waals surface area contributed by atoms with Crippen molar-refractivity contribution >= 4 is 10.0 Å². The molecule has 0 bridgehead atoms. The minimum Gasteiger partial charge on any atom is -0.392 e. The molecule has 0 aromatic carbocycles. The highest BCUT2D eigenvalue weighted by atomic mass is 32.2. The molecule has 0 radical (unpaired) electrons. The van der Waals surface area contributed by atoms with E-state index >= 15 is 0 Å². The zero-order valence-corrected chi connectivity index (χ0v) is 11.1. The second-order valence-corrected chi connectivity index (χ2v) is 6.73. The van der Waals surface area contributed by atoms with E-state index in [2.05, 4.69) is 0 Å². The molecule has 1 rings (SSSR count). The average Bonchev–Trinajstić information content (AvgIpc) is 2.46. The van der Waals surface area contributed by atoms with E-state index in [0.29, 0.717) is 19.4 Å². The summed E-state index contributed by atoms with van der Waals surface area (Å²) in [6.07, 6.45) is 0.640. The molecule has 1 aliphatic rings. The van der Waals surface area contributed by atoms with E-state index in [1.807, 2.05) is 25.9 Å². The van der Waals surface area contributed by atoms with Gasteiger partial charge in [0.15, 0.2) is 0 Å². The minimum absolute atomic E-state index is 0.0819. The fraction of sp³-hybridized carbons (Fsp3) is 1.00. The van der Waals surface area contributed by atoms with Crippen molar-refractivity contribution in [2.75, 3.05) is 32.9 Å². The van der Waals surface area contributed by atoms with Crippen molar-refractivity contribution in [3.8, 4) is 0 Å². The monoisotopic (exact) mass is 250 g/mol.